The highest BCUT2D eigenvalue weighted by Crippen LogP contribution is 2.25. The van der Waals surface area contributed by atoms with Crippen LogP contribution in [0, 0.1) is 0 Å². The van der Waals surface area contributed by atoms with Crippen molar-refractivity contribution in [3.8, 4) is 5.75 Å². The Morgan fingerprint density at radius 3 is 2.48 bits per heavy atom. The Kier molecular flexibility index (Phi) is 6.99. The van der Waals surface area contributed by atoms with Crippen molar-refractivity contribution in [2.75, 3.05) is 18.0 Å². The highest BCUT2D eigenvalue weighted by atomic mass is 16.7. The zero-order valence-corrected chi connectivity index (χ0v) is 17.4. The zero-order chi connectivity index (χ0) is 20.7. The summed E-state index contributed by atoms with van der Waals surface area (Å²) < 4.78 is 11.1. The molecule has 0 bridgehead atoms. The number of hydrogen-bond acceptors (Lipinski definition) is 5. The van der Waals surface area contributed by atoms with E-state index in [0.29, 0.717) is 6.61 Å². The molecule has 29 heavy (non-hydrogen) atoms. The molecule has 1 heterocycles. The number of carbonyl (C=O) groups excluding carboxylic acids is 1. The van der Waals surface area contributed by atoms with Crippen LogP contribution < -0.4 is 15.1 Å². The lowest BCUT2D eigenvalue weighted by Gasteiger charge is -2.33. The van der Waals surface area contributed by atoms with E-state index in [1.807, 2.05) is 51.1 Å². The van der Waals surface area contributed by atoms with Gasteiger partial charge in [0.15, 0.2) is 0 Å². The third kappa shape index (κ3) is 6.98. The smallest absolute Gasteiger partial charge is 0.431 e. The molecule has 1 saturated heterocycles. The Bertz CT molecular complexity index is 781. The second-order valence-electron chi connectivity index (χ2n) is 8.18. The first-order chi connectivity index (χ1) is 13.9. The van der Waals surface area contributed by atoms with Gasteiger partial charge >= 0.3 is 6.09 Å². The van der Waals surface area contributed by atoms with Crippen LogP contribution in [0.3, 0.4) is 0 Å². The van der Waals surface area contributed by atoms with Crippen LogP contribution in [-0.2, 0) is 16.2 Å². The van der Waals surface area contributed by atoms with Gasteiger partial charge < -0.3 is 14.4 Å². The number of nitrogens with zero attached hydrogens (tertiary/aromatic N) is 1. The number of ether oxygens (including phenoxy) is 2. The van der Waals surface area contributed by atoms with Crippen molar-refractivity contribution < 1.29 is 19.1 Å². The van der Waals surface area contributed by atoms with E-state index in [1.165, 1.54) is 0 Å². The predicted octanol–water partition coefficient (Wildman–Crippen LogP) is 4.69. The minimum Gasteiger partial charge on any atom is -0.489 e. The molecule has 156 valence electrons. The Balaban J connectivity index is 1.45. The average Bonchev–Trinajstić information content (AvgIpc) is 2.71. The molecule has 2 aromatic rings. The van der Waals surface area contributed by atoms with Gasteiger partial charge in [-0.25, -0.2) is 4.79 Å². The van der Waals surface area contributed by atoms with Gasteiger partial charge in [0.25, 0.3) is 0 Å². The normalized spacial score (nSPS) is 15.1. The Morgan fingerprint density at radius 2 is 1.79 bits per heavy atom. The molecule has 0 aliphatic carbocycles. The number of benzene rings is 2. The van der Waals surface area contributed by atoms with Crippen molar-refractivity contribution in [3.63, 3.8) is 0 Å². The molecular weight excluding hydrogens is 368 g/mol. The number of nitrogens with one attached hydrogen (secondary N) is 1. The number of carbonyl (C=O) groups is 1. The molecule has 0 aromatic heterocycles. The first kappa shape index (κ1) is 21.0. The first-order valence-electron chi connectivity index (χ1n) is 10.1. The molecule has 1 amide bonds. The Hall–Kier alpha value is -2.73. The van der Waals surface area contributed by atoms with Gasteiger partial charge in [-0.3, -0.25) is 4.84 Å². The van der Waals surface area contributed by atoms with Crippen LogP contribution in [0.5, 0.6) is 5.75 Å². The van der Waals surface area contributed by atoms with E-state index in [4.69, 9.17) is 14.3 Å². The fourth-order valence-electron chi connectivity index (χ4n) is 3.17. The standard InChI is InChI=1S/C23H30N2O4/c1-23(2,3)28-22(26)24-29-20-12-14-25(15-13-20)19-10-7-11-21(16-19)27-17-18-8-5-4-6-9-18/h4-11,16,20H,12-15,17H2,1-3H3,(H,24,26). The van der Waals surface area contributed by atoms with Crippen LogP contribution in [0.4, 0.5) is 10.5 Å². The molecule has 2 aromatic carbocycles. The maximum Gasteiger partial charge on any atom is 0.431 e. The number of hydrogen-bond donors (Lipinski definition) is 1. The molecule has 0 saturated carbocycles. The van der Waals surface area contributed by atoms with Crippen molar-refractivity contribution in [2.24, 2.45) is 0 Å². The first-order valence-corrected chi connectivity index (χ1v) is 10.1. The molecule has 0 spiro atoms. The van der Waals surface area contributed by atoms with Crippen LogP contribution in [-0.4, -0.2) is 30.9 Å². The molecule has 0 unspecified atom stereocenters. The van der Waals surface area contributed by atoms with Crippen molar-refractivity contribution in [1.29, 1.82) is 0 Å². The molecule has 1 aliphatic rings. The number of amides is 1. The molecule has 1 N–H and O–H groups in total. The van der Waals surface area contributed by atoms with E-state index in [2.05, 4.69) is 34.6 Å². The summed E-state index contributed by atoms with van der Waals surface area (Å²) in [6, 6.07) is 18.3. The fraction of sp³-hybridized carbons (Fsp3) is 0.435. The number of hydroxylamine groups is 1. The van der Waals surface area contributed by atoms with E-state index >= 15 is 0 Å². The molecule has 6 nitrogen and oxygen atoms in total. The fourth-order valence-corrected chi connectivity index (χ4v) is 3.17. The summed E-state index contributed by atoms with van der Waals surface area (Å²) in [5.74, 6) is 0.858. The SMILES string of the molecule is CC(C)(C)OC(=O)NOC1CCN(c2cccc(OCc3ccccc3)c2)CC1. The quantitative estimate of drug-likeness (QED) is 0.715. The highest BCUT2D eigenvalue weighted by molar-refractivity contribution is 5.66. The lowest BCUT2D eigenvalue weighted by molar-refractivity contribution is -0.0493. The van der Waals surface area contributed by atoms with E-state index in [1.54, 1.807) is 0 Å². The summed E-state index contributed by atoms with van der Waals surface area (Å²) in [5.41, 5.74) is 4.15. The molecule has 0 radical (unpaired) electrons. The third-order valence-electron chi connectivity index (χ3n) is 4.58. The van der Waals surface area contributed by atoms with Crippen LogP contribution in [0.15, 0.2) is 54.6 Å². The van der Waals surface area contributed by atoms with Gasteiger partial charge in [0.05, 0.1) is 6.10 Å². The Labute approximate surface area is 172 Å². The van der Waals surface area contributed by atoms with Gasteiger partial charge in [-0.2, -0.15) is 5.48 Å². The third-order valence-corrected chi connectivity index (χ3v) is 4.58. The Morgan fingerprint density at radius 1 is 1.07 bits per heavy atom. The summed E-state index contributed by atoms with van der Waals surface area (Å²) in [5, 5.41) is 0. The summed E-state index contributed by atoms with van der Waals surface area (Å²) in [6.07, 6.45) is 1.08. The molecule has 0 atom stereocenters. The molecule has 1 aliphatic heterocycles. The predicted molar refractivity (Wildman–Crippen MR) is 113 cm³/mol. The van der Waals surface area contributed by atoms with Crippen molar-refractivity contribution >= 4 is 11.8 Å². The van der Waals surface area contributed by atoms with E-state index in [9.17, 15) is 4.79 Å². The lowest BCUT2D eigenvalue weighted by Crippen LogP contribution is -2.41. The number of anilines is 1. The number of rotatable bonds is 6. The maximum atomic E-state index is 11.7. The van der Waals surface area contributed by atoms with Crippen LogP contribution in [0.2, 0.25) is 0 Å². The molecule has 6 heteroatoms. The molecular formula is C23H30N2O4. The number of piperidine rings is 1. The van der Waals surface area contributed by atoms with E-state index < -0.39 is 11.7 Å². The van der Waals surface area contributed by atoms with Crippen LogP contribution >= 0.6 is 0 Å². The highest BCUT2D eigenvalue weighted by Gasteiger charge is 2.23. The maximum absolute atomic E-state index is 11.7. The average molecular weight is 399 g/mol. The summed E-state index contributed by atoms with van der Waals surface area (Å²) in [7, 11) is 0. The van der Waals surface area contributed by atoms with Gasteiger partial charge in [-0.1, -0.05) is 36.4 Å². The van der Waals surface area contributed by atoms with Crippen LogP contribution in [0.1, 0.15) is 39.2 Å². The van der Waals surface area contributed by atoms with Crippen molar-refractivity contribution in [2.45, 2.75) is 51.9 Å². The molecule has 3 rings (SSSR count). The molecule has 1 fully saturated rings. The second-order valence-corrected chi connectivity index (χ2v) is 8.18. The van der Waals surface area contributed by atoms with Gasteiger partial charge in [0.2, 0.25) is 0 Å². The van der Waals surface area contributed by atoms with E-state index in [0.717, 1.165) is 42.9 Å². The van der Waals surface area contributed by atoms with E-state index in [-0.39, 0.29) is 6.10 Å². The zero-order valence-electron chi connectivity index (χ0n) is 17.4. The summed E-state index contributed by atoms with van der Waals surface area (Å²) in [6.45, 7) is 7.72. The van der Waals surface area contributed by atoms with Gasteiger partial charge in [0.1, 0.15) is 18.0 Å². The van der Waals surface area contributed by atoms with Gasteiger partial charge in [-0.05, 0) is 51.3 Å². The minimum atomic E-state index is -0.553. The van der Waals surface area contributed by atoms with Crippen LogP contribution in [0.25, 0.3) is 0 Å². The monoisotopic (exact) mass is 398 g/mol. The van der Waals surface area contributed by atoms with Gasteiger partial charge in [0, 0.05) is 24.8 Å². The lowest BCUT2D eigenvalue weighted by atomic mass is 10.1. The van der Waals surface area contributed by atoms with Gasteiger partial charge in [-0.15, -0.1) is 0 Å². The minimum absolute atomic E-state index is 0.0173. The van der Waals surface area contributed by atoms with Crippen molar-refractivity contribution in [1.82, 2.24) is 5.48 Å². The van der Waals surface area contributed by atoms with Crippen molar-refractivity contribution in [3.05, 3.63) is 60.2 Å². The topological polar surface area (TPSA) is 60.0 Å². The summed E-state index contributed by atoms with van der Waals surface area (Å²) >= 11 is 0. The summed E-state index contributed by atoms with van der Waals surface area (Å²) in [4.78, 5) is 19.5. The second kappa shape index (κ2) is 9.65. The largest absolute Gasteiger partial charge is 0.489 e.